The third-order valence-corrected chi connectivity index (χ3v) is 1.01. The van der Waals surface area contributed by atoms with Crippen molar-refractivity contribution in [1.29, 1.82) is 0 Å². The van der Waals surface area contributed by atoms with E-state index in [2.05, 4.69) is 10.7 Å². The van der Waals surface area contributed by atoms with Crippen molar-refractivity contribution in [1.82, 2.24) is 0 Å². The van der Waals surface area contributed by atoms with Gasteiger partial charge in [0.2, 0.25) is 0 Å². The monoisotopic (exact) mass is 170 g/mol. The Morgan fingerprint density at radius 2 is 2.08 bits per heavy atom. The molecule has 0 fully saturated rings. The van der Waals surface area contributed by atoms with Crippen LogP contribution in [-0.2, 0) is 14.3 Å². The van der Waals surface area contributed by atoms with Crippen LogP contribution in [0.1, 0.15) is 20.3 Å². The molecular formula is C8H10O4. The zero-order chi connectivity index (χ0) is 9.78. The van der Waals surface area contributed by atoms with Gasteiger partial charge in [-0.2, -0.15) is 0 Å². The molecule has 0 aliphatic rings. The highest BCUT2D eigenvalue weighted by Crippen LogP contribution is 2.07. The highest BCUT2D eigenvalue weighted by atomic mass is 16.6. The lowest BCUT2D eigenvalue weighted by Crippen LogP contribution is -2.27. The minimum Gasteiger partial charge on any atom is -0.481 e. The van der Waals surface area contributed by atoms with E-state index in [1.807, 2.05) is 0 Å². The van der Waals surface area contributed by atoms with Gasteiger partial charge in [-0.25, -0.2) is 0 Å². The summed E-state index contributed by atoms with van der Waals surface area (Å²) in [7, 11) is 0. The lowest BCUT2D eigenvalue weighted by atomic mass is 10.1. The van der Waals surface area contributed by atoms with Gasteiger partial charge in [0.15, 0.2) is 5.60 Å². The summed E-state index contributed by atoms with van der Waals surface area (Å²) >= 11 is 0. The first-order valence-electron chi connectivity index (χ1n) is 3.29. The van der Waals surface area contributed by atoms with E-state index in [1.54, 1.807) is 0 Å². The van der Waals surface area contributed by atoms with Crippen molar-refractivity contribution in [3.8, 4) is 12.3 Å². The molecular weight excluding hydrogens is 160 g/mol. The van der Waals surface area contributed by atoms with E-state index in [1.165, 1.54) is 13.8 Å². The molecule has 0 bridgehead atoms. The summed E-state index contributed by atoms with van der Waals surface area (Å²) in [6, 6.07) is 0. The average Bonchev–Trinajstić information content (AvgIpc) is 1.84. The zero-order valence-electron chi connectivity index (χ0n) is 6.96. The first kappa shape index (κ1) is 10.5. The van der Waals surface area contributed by atoms with Crippen LogP contribution in [0.5, 0.6) is 0 Å². The zero-order valence-corrected chi connectivity index (χ0v) is 6.96. The van der Waals surface area contributed by atoms with Crippen LogP contribution < -0.4 is 0 Å². The smallest absolute Gasteiger partial charge is 0.318 e. The molecule has 0 saturated heterocycles. The number of terminal acetylenes is 1. The molecule has 0 aromatic carbocycles. The molecule has 0 radical (unpaired) electrons. The fourth-order valence-corrected chi connectivity index (χ4v) is 0.474. The van der Waals surface area contributed by atoms with Crippen molar-refractivity contribution in [3.05, 3.63) is 0 Å². The Balaban J connectivity index is 4.03. The molecule has 4 nitrogen and oxygen atoms in total. The molecule has 0 aliphatic heterocycles. The first-order valence-corrected chi connectivity index (χ1v) is 3.29. The van der Waals surface area contributed by atoms with E-state index in [0.29, 0.717) is 0 Å². The van der Waals surface area contributed by atoms with Crippen LogP contribution in [0.15, 0.2) is 0 Å². The van der Waals surface area contributed by atoms with Crippen LogP contribution in [0.2, 0.25) is 0 Å². The summed E-state index contributed by atoms with van der Waals surface area (Å²) in [4.78, 5) is 20.8. The molecule has 0 aromatic rings. The predicted molar refractivity (Wildman–Crippen MR) is 41.3 cm³/mol. The summed E-state index contributed by atoms with van der Waals surface area (Å²) in [5.41, 5.74) is -1.04. The van der Waals surface area contributed by atoms with Crippen molar-refractivity contribution >= 4 is 11.9 Å². The quantitative estimate of drug-likeness (QED) is 0.378. The van der Waals surface area contributed by atoms with Gasteiger partial charge in [-0.05, 0) is 13.8 Å². The third kappa shape index (κ3) is 4.34. The number of carbonyl (C=O) groups excluding carboxylic acids is 1. The van der Waals surface area contributed by atoms with Gasteiger partial charge in [-0.3, -0.25) is 9.59 Å². The van der Waals surface area contributed by atoms with Gasteiger partial charge in [0.05, 0.1) is 0 Å². The lowest BCUT2D eigenvalue weighted by Gasteiger charge is -2.17. The van der Waals surface area contributed by atoms with E-state index in [0.717, 1.165) is 0 Å². The second-order valence-corrected chi connectivity index (χ2v) is 2.70. The van der Waals surface area contributed by atoms with Crippen LogP contribution in [0.25, 0.3) is 0 Å². The Morgan fingerprint density at radius 1 is 1.58 bits per heavy atom. The normalized spacial score (nSPS) is 10.1. The van der Waals surface area contributed by atoms with Crippen molar-refractivity contribution in [2.45, 2.75) is 25.9 Å². The van der Waals surface area contributed by atoms with Crippen molar-refractivity contribution < 1.29 is 19.4 Å². The Bertz CT molecular complexity index is 234. The number of hydrogen-bond acceptors (Lipinski definition) is 3. The number of ether oxygens (including phenoxy) is 1. The second kappa shape index (κ2) is 3.77. The molecule has 0 saturated carbocycles. The molecule has 0 heterocycles. The maximum Gasteiger partial charge on any atom is 0.318 e. The largest absolute Gasteiger partial charge is 0.481 e. The lowest BCUT2D eigenvalue weighted by molar-refractivity contribution is -0.157. The van der Waals surface area contributed by atoms with Gasteiger partial charge in [-0.1, -0.05) is 5.92 Å². The minimum absolute atomic E-state index is 0.662. The second-order valence-electron chi connectivity index (χ2n) is 2.70. The van der Waals surface area contributed by atoms with Crippen LogP contribution in [-0.4, -0.2) is 22.6 Å². The van der Waals surface area contributed by atoms with Gasteiger partial charge < -0.3 is 9.84 Å². The van der Waals surface area contributed by atoms with Gasteiger partial charge in [0.25, 0.3) is 0 Å². The molecule has 0 spiro atoms. The highest BCUT2D eigenvalue weighted by Gasteiger charge is 2.20. The Morgan fingerprint density at radius 3 is 2.42 bits per heavy atom. The van der Waals surface area contributed by atoms with E-state index >= 15 is 0 Å². The van der Waals surface area contributed by atoms with Crippen LogP contribution in [0.3, 0.4) is 0 Å². The average molecular weight is 170 g/mol. The number of carbonyl (C=O) groups is 2. The molecule has 0 amide bonds. The van der Waals surface area contributed by atoms with E-state index in [-0.39, 0.29) is 0 Å². The van der Waals surface area contributed by atoms with Crippen LogP contribution >= 0.6 is 0 Å². The molecule has 0 aromatic heterocycles. The fourth-order valence-electron chi connectivity index (χ4n) is 0.474. The first-order chi connectivity index (χ1) is 5.37. The standard InChI is InChI=1S/C8H10O4/c1-4-8(2,3)12-7(11)5-6(9)10/h1H,5H2,2-3H3,(H,9,10). The number of carboxylic acids is 1. The minimum atomic E-state index is -1.23. The van der Waals surface area contributed by atoms with Crippen molar-refractivity contribution in [2.24, 2.45) is 0 Å². The maximum absolute atomic E-state index is 10.7. The summed E-state index contributed by atoms with van der Waals surface area (Å²) < 4.78 is 4.64. The van der Waals surface area contributed by atoms with Gasteiger partial charge >= 0.3 is 11.9 Å². The molecule has 0 aliphatic carbocycles. The van der Waals surface area contributed by atoms with E-state index in [9.17, 15) is 9.59 Å². The molecule has 0 rings (SSSR count). The number of esters is 1. The number of rotatable bonds is 3. The van der Waals surface area contributed by atoms with Crippen molar-refractivity contribution in [2.75, 3.05) is 0 Å². The predicted octanol–water partition coefficient (Wildman–Crippen LogP) is 0.416. The van der Waals surface area contributed by atoms with Gasteiger partial charge in [-0.15, -0.1) is 6.42 Å². The van der Waals surface area contributed by atoms with Crippen LogP contribution in [0, 0.1) is 12.3 Å². The third-order valence-electron chi connectivity index (χ3n) is 1.01. The Hall–Kier alpha value is -1.50. The summed E-state index contributed by atoms with van der Waals surface area (Å²) in [6.07, 6.45) is 4.35. The van der Waals surface area contributed by atoms with E-state index in [4.69, 9.17) is 11.5 Å². The maximum atomic E-state index is 10.7. The molecule has 66 valence electrons. The van der Waals surface area contributed by atoms with Crippen LogP contribution in [0.4, 0.5) is 0 Å². The SMILES string of the molecule is C#CC(C)(C)OC(=O)CC(=O)O. The fraction of sp³-hybridized carbons (Fsp3) is 0.500. The summed E-state index contributed by atoms with van der Waals surface area (Å²) in [6.45, 7) is 3.01. The molecule has 12 heavy (non-hydrogen) atoms. The number of hydrogen-bond donors (Lipinski definition) is 1. The van der Waals surface area contributed by atoms with Crippen molar-refractivity contribution in [3.63, 3.8) is 0 Å². The van der Waals surface area contributed by atoms with Gasteiger partial charge in [0, 0.05) is 0 Å². The topological polar surface area (TPSA) is 63.6 Å². The number of aliphatic carboxylic acids is 1. The molecule has 0 unspecified atom stereocenters. The summed E-state index contributed by atoms with van der Waals surface area (Å²) in [5.74, 6) is 0.152. The Labute approximate surface area is 70.5 Å². The van der Waals surface area contributed by atoms with E-state index < -0.39 is 24.0 Å². The summed E-state index contributed by atoms with van der Waals surface area (Å²) in [5, 5.41) is 8.20. The molecule has 4 heteroatoms. The Kier molecular flexibility index (Phi) is 3.30. The van der Waals surface area contributed by atoms with Gasteiger partial charge in [0.1, 0.15) is 6.42 Å². The molecule has 0 atom stereocenters. The highest BCUT2D eigenvalue weighted by molar-refractivity contribution is 5.90. The number of carboxylic acid groups (broad SMARTS) is 1. The molecule has 1 N–H and O–H groups in total.